The molecule has 33 heavy (non-hydrogen) atoms. The quantitative estimate of drug-likeness (QED) is 0.542. The van der Waals surface area contributed by atoms with Gasteiger partial charge in [-0.15, -0.1) is 0 Å². The summed E-state index contributed by atoms with van der Waals surface area (Å²) in [6.07, 6.45) is 0.513. The predicted octanol–water partition coefficient (Wildman–Crippen LogP) is 4.08. The molecule has 3 aromatic carbocycles. The third-order valence-electron chi connectivity index (χ3n) is 4.86. The van der Waals surface area contributed by atoms with Crippen molar-refractivity contribution in [1.29, 1.82) is 5.26 Å². The van der Waals surface area contributed by atoms with E-state index in [9.17, 15) is 18.4 Å². The molecule has 2 amide bonds. The standard InChI is InChI=1S/C25H22F2N4O2/c26-21-12-20(13-22(27)14-21)25(33)31(10-2-9-28)16-18-3-1-4-23(11-18)30-24(32)19-7-5-17(15-29)6-8-19/h1,3-8,11-14H,2,9-10,16,28H2,(H,30,32). The molecule has 0 unspecified atom stereocenters. The molecule has 6 nitrogen and oxygen atoms in total. The van der Waals surface area contributed by atoms with Crippen molar-refractivity contribution in [3.8, 4) is 6.07 Å². The van der Waals surface area contributed by atoms with Gasteiger partial charge in [-0.05, 0) is 67.1 Å². The highest BCUT2D eigenvalue weighted by Crippen LogP contribution is 2.17. The van der Waals surface area contributed by atoms with E-state index in [1.54, 1.807) is 48.5 Å². The Morgan fingerprint density at radius 3 is 2.30 bits per heavy atom. The van der Waals surface area contributed by atoms with Crippen LogP contribution >= 0.6 is 0 Å². The number of carbonyl (C=O) groups excluding carboxylic acids is 2. The maximum atomic E-state index is 13.6. The molecule has 3 aromatic rings. The predicted molar refractivity (Wildman–Crippen MR) is 120 cm³/mol. The van der Waals surface area contributed by atoms with Crippen molar-refractivity contribution in [2.45, 2.75) is 13.0 Å². The average Bonchev–Trinajstić information content (AvgIpc) is 2.81. The second kappa shape index (κ2) is 11.0. The fourth-order valence-electron chi connectivity index (χ4n) is 3.26. The molecule has 0 heterocycles. The maximum absolute atomic E-state index is 13.6. The Labute approximate surface area is 190 Å². The number of amides is 2. The maximum Gasteiger partial charge on any atom is 0.255 e. The monoisotopic (exact) mass is 448 g/mol. The Hall–Kier alpha value is -4.09. The number of rotatable bonds is 8. The number of nitrogens with one attached hydrogen (secondary N) is 1. The highest BCUT2D eigenvalue weighted by molar-refractivity contribution is 6.04. The van der Waals surface area contributed by atoms with Crippen LogP contribution < -0.4 is 11.1 Å². The summed E-state index contributed by atoms with van der Waals surface area (Å²) < 4.78 is 27.2. The molecule has 0 bridgehead atoms. The molecule has 0 fully saturated rings. The molecular weight excluding hydrogens is 426 g/mol. The van der Waals surface area contributed by atoms with Gasteiger partial charge in [0.25, 0.3) is 11.8 Å². The SMILES string of the molecule is N#Cc1ccc(C(=O)Nc2cccc(CN(CCCN)C(=O)c3cc(F)cc(F)c3)c2)cc1. The summed E-state index contributed by atoms with van der Waals surface area (Å²) in [5, 5.41) is 11.7. The lowest BCUT2D eigenvalue weighted by atomic mass is 10.1. The first-order valence-corrected chi connectivity index (χ1v) is 10.3. The number of halogens is 2. The van der Waals surface area contributed by atoms with Crippen LogP contribution in [0, 0.1) is 23.0 Å². The summed E-state index contributed by atoms with van der Waals surface area (Å²) in [5.74, 6) is -2.52. The minimum atomic E-state index is -0.829. The Balaban J connectivity index is 1.76. The van der Waals surface area contributed by atoms with Gasteiger partial charge < -0.3 is 16.0 Å². The Morgan fingerprint density at radius 1 is 0.970 bits per heavy atom. The van der Waals surface area contributed by atoms with Gasteiger partial charge in [-0.3, -0.25) is 9.59 Å². The van der Waals surface area contributed by atoms with Gasteiger partial charge in [0.1, 0.15) is 11.6 Å². The normalized spacial score (nSPS) is 10.4. The summed E-state index contributed by atoms with van der Waals surface area (Å²) in [7, 11) is 0. The molecule has 3 N–H and O–H groups in total. The van der Waals surface area contributed by atoms with E-state index >= 15 is 0 Å². The number of hydrogen-bond acceptors (Lipinski definition) is 4. The van der Waals surface area contributed by atoms with Crippen molar-refractivity contribution in [2.24, 2.45) is 5.73 Å². The van der Waals surface area contributed by atoms with Gasteiger partial charge >= 0.3 is 0 Å². The highest BCUT2D eigenvalue weighted by atomic mass is 19.1. The Morgan fingerprint density at radius 2 is 1.67 bits per heavy atom. The minimum Gasteiger partial charge on any atom is -0.334 e. The third kappa shape index (κ3) is 6.45. The number of carbonyl (C=O) groups is 2. The molecular formula is C25H22F2N4O2. The lowest BCUT2D eigenvalue weighted by Gasteiger charge is -2.23. The van der Waals surface area contributed by atoms with E-state index in [-0.39, 0.29) is 18.0 Å². The van der Waals surface area contributed by atoms with Crippen molar-refractivity contribution < 1.29 is 18.4 Å². The summed E-state index contributed by atoms with van der Waals surface area (Å²) in [4.78, 5) is 26.9. The molecule has 0 radical (unpaired) electrons. The number of hydrogen-bond donors (Lipinski definition) is 2. The van der Waals surface area contributed by atoms with Gasteiger partial charge in [-0.25, -0.2) is 8.78 Å². The molecule has 0 spiro atoms. The summed E-state index contributed by atoms with van der Waals surface area (Å²) >= 11 is 0. The van der Waals surface area contributed by atoms with Crippen LogP contribution in [0.4, 0.5) is 14.5 Å². The molecule has 168 valence electrons. The van der Waals surface area contributed by atoms with Crippen molar-refractivity contribution in [3.05, 3.63) is 101 Å². The van der Waals surface area contributed by atoms with Crippen molar-refractivity contribution >= 4 is 17.5 Å². The van der Waals surface area contributed by atoms with E-state index in [4.69, 9.17) is 11.0 Å². The smallest absolute Gasteiger partial charge is 0.255 e. The first kappa shape index (κ1) is 23.6. The van der Waals surface area contributed by atoms with Crippen LogP contribution in [0.15, 0.2) is 66.7 Å². The van der Waals surface area contributed by atoms with Crippen molar-refractivity contribution in [1.82, 2.24) is 4.90 Å². The molecule has 0 atom stereocenters. The molecule has 0 aromatic heterocycles. The van der Waals surface area contributed by atoms with E-state index in [0.29, 0.717) is 42.4 Å². The van der Waals surface area contributed by atoms with E-state index in [1.807, 2.05) is 6.07 Å². The fourth-order valence-corrected chi connectivity index (χ4v) is 3.26. The van der Waals surface area contributed by atoms with Gasteiger partial charge in [0.2, 0.25) is 0 Å². The van der Waals surface area contributed by atoms with Crippen LogP contribution in [0.5, 0.6) is 0 Å². The summed E-state index contributed by atoms with van der Waals surface area (Å²) in [6, 6.07) is 17.9. The topological polar surface area (TPSA) is 99.2 Å². The Kier molecular flexibility index (Phi) is 7.84. The zero-order valence-electron chi connectivity index (χ0n) is 17.7. The van der Waals surface area contributed by atoms with Crippen molar-refractivity contribution in [3.63, 3.8) is 0 Å². The molecule has 0 aliphatic heterocycles. The number of anilines is 1. The van der Waals surface area contributed by atoms with Crippen LogP contribution in [0.25, 0.3) is 0 Å². The van der Waals surface area contributed by atoms with Gasteiger partial charge in [-0.2, -0.15) is 5.26 Å². The minimum absolute atomic E-state index is 0.0882. The summed E-state index contributed by atoms with van der Waals surface area (Å²) in [5.41, 5.74) is 7.58. The average molecular weight is 448 g/mol. The van der Waals surface area contributed by atoms with E-state index in [0.717, 1.165) is 17.7 Å². The van der Waals surface area contributed by atoms with Crippen LogP contribution in [0.3, 0.4) is 0 Å². The summed E-state index contributed by atoms with van der Waals surface area (Å²) in [6.45, 7) is 0.814. The molecule has 0 aliphatic carbocycles. The molecule has 0 saturated heterocycles. The van der Waals surface area contributed by atoms with Crippen LogP contribution in [0.2, 0.25) is 0 Å². The first-order valence-electron chi connectivity index (χ1n) is 10.3. The molecule has 3 rings (SSSR count). The number of nitrogens with two attached hydrogens (primary N) is 1. The lowest BCUT2D eigenvalue weighted by molar-refractivity contribution is 0.0741. The first-order chi connectivity index (χ1) is 15.9. The lowest BCUT2D eigenvalue weighted by Crippen LogP contribution is -2.32. The number of benzene rings is 3. The van der Waals surface area contributed by atoms with Gasteiger partial charge in [0, 0.05) is 36.0 Å². The number of nitrogens with zero attached hydrogens (tertiary/aromatic N) is 2. The van der Waals surface area contributed by atoms with Crippen LogP contribution in [-0.2, 0) is 6.54 Å². The molecule has 8 heteroatoms. The largest absolute Gasteiger partial charge is 0.334 e. The van der Waals surface area contributed by atoms with Gasteiger partial charge in [0.05, 0.1) is 11.6 Å². The zero-order chi connectivity index (χ0) is 23.8. The fraction of sp³-hybridized carbons (Fsp3) is 0.160. The Bertz CT molecular complexity index is 1170. The van der Waals surface area contributed by atoms with Crippen molar-refractivity contribution in [2.75, 3.05) is 18.4 Å². The number of nitriles is 1. The second-order valence-electron chi connectivity index (χ2n) is 7.37. The van der Waals surface area contributed by atoms with Crippen LogP contribution in [-0.4, -0.2) is 29.8 Å². The highest BCUT2D eigenvalue weighted by Gasteiger charge is 2.18. The van der Waals surface area contributed by atoms with E-state index < -0.39 is 17.5 Å². The van der Waals surface area contributed by atoms with Gasteiger partial charge in [-0.1, -0.05) is 12.1 Å². The third-order valence-corrected chi connectivity index (χ3v) is 4.86. The van der Waals surface area contributed by atoms with Crippen LogP contribution in [0.1, 0.15) is 38.3 Å². The van der Waals surface area contributed by atoms with Gasteiger partial charge in [0.15, 0.2) is 0 Å². The zero-order valence-corrected chi connectivity index (χ0v) is 17.7. The van der Waals surface area contributed by atoms with E-state index in [1.165, 1.54) is 4.90 Å². The molecule has 0 saturated carbocycles. The molecule has 0 aliphatic rings. The second-order valence-corrected chi connectivity index (χ2v) is 7.37. The van der Waals surface area contributed by atoms with E-state index in [2.05, 4.69) is 5.32 Å².